The third kappa shape index (κ3) is 5.77. The molecule has 0 saturated carbocycles. The lowest BCUT2D eigenvalue weighted by Gasteiger charge is -2.13. The maximum atomic E-state index is 12.6. The molecule has 0 unspecified atom stereocenters. The number of ether oxygens (including phenoxy) is 1. The van der Waals surface area contributed by atoms with Gasteiger partial charge in [-0.2, -0.15) is 13.2 Å². The summed E-state index contributed by atoms with van der Waals surface area (Å²) in [5, 5.41) is 8.18. The Morgan fingerprint density at radius 3 is 2.71 bits per heavy atom. The molecule has 1 heterocycles. The van der Waals surface area contributed by atoms with Gasteiger partial charge in [-0.15, -0.1) is 11.3 Å². The average molecular weight is 357 g/mol. The number of rotatable bonds is 6. The Morgan fingerprint density at radius 1 is 1.21 bits per heavy atom. The second-order valence-electron chi connectivity index (χ2n) is 4.81. The minimum atomic E-state index is -4.37. The van der Waals surface area contributed by atoms with Gasteiger partial charge >= 0.3 is 6.18 Å². The average Bonchev–Trinajstić information content (AvgIpc) is 3.07. The van der Waals surface area contributed by atoms with E-state index in [2.05, 4.69) is 15.6 Å². The molecule has 0 saturated heterocycles. The van der Waals surface area contributed by atoms with Crippen molar-refractivity contribution in [2.24, 2.45) is 4.99 Å². The molecule has 0 radical (unpaired) electrons. The Hall–Kier alpha value is -2.22. The van der Waals surface area contributed by atoms with Gasteiger partial charge in [-0.3, -0.25) is 4.99 Å². The van der Waals surface area contributed by atoms with Crippen molar-refractivity contribution in [2.75, 3.05) is 20.2 Å². The van der Waals surface area contributed by atoms with Crippen LogP contribution in [0.15, 0.2) is 46.8 Å². The number of nitrogens with one attached hydrogen (secondary N) is 2. The summed E-state index contributed by atoms with van der Waals surface area (Å²) in [5.74, 6) is 0.796. The van der Waals surface area contributed by atoms with Crippen molar-refractivity contribution < 1.29 is 17.9 Å². The van der Waals surface area contributed by atoms with Gasteiger partial charge in [0.2, 0.25) is 0 Å². The van der Waals surface area contributed by atoms with Crippen LogP contribution >= 0.6 is 11.3 Å². The predicted octanol–water partition coefficient (Wildman–Crippen LogP) is 3.51. The lowest BCUT2D eigenvalue weighted by Crippen LogP contribution is -2.38. The van der Waals surface area contributed by atoms with E-state index >= 15 is 0 Å². The van der Waals surface area contributed by atoms with Crippen molar-refractivity contribution in [3.63, 3.8) is 0 Å². The summed E-state index contributed by atoms with van der Waals surface area (Å²) in [4.78, 5) is 5.25. The van der Waals surface area contributed by atoms with Gasteiger partial charge in [0.1, 0.15) is 12.4 Å². The summed E-state index contributed by atoms with van der Waals surface area (Å²) >= 11 is 1.64. The molecule has 0 bridgehead atoms. The molecular formula is C16H18F3N3OS. The maximum Gasteiger partial charge on any atom is 0.416 e. The fourth-order valence-electron chi connectivity index (χ4n) is 1.91. The summed E-state index contributed by atoms with van der Waals surface area (Å²) in [7, 11) is 1.65. The van der Waals surface area contributed by atoms with Crippen LogP contribution in [-0.4, -0.2) is 26.2 Å². The molecule has 1 aromatic carbocycles. The quantitative estimate of drug-likeness (QED) is 0.472. The van der Waals surface area contributed by atoms with Crippen molar-refractivity contribution in [2.45, 2.75) is 12.7 Å². The lowest BCUT2D eigenvalue weighted by molar-refractivity contribution is -0.137. The summed E-state index contributed by atoms with van der Waals surface area (Å²) in [6.45, 7) is 1.30. The minimum absolute atomic E-state index is 0.188. The number of thiophene rings is 1. The summed E-state index contributed by atoms with van der Waals surface area (Å²) in [5.41, 5.74) is -0.721. The Morgan fingerprint density at radius 2 is 2.04 bits per heavy atom. The third-order valence-electron chi connectivity index (χ3n) is 3.06. The first-order valence-corrected chi connectivity index (χ1v) is 8.14. The molecule has 2 rings (SSSR count). The highest BCUT2D eigenvalue weighted by atomic mass is 32.1. The molecule has 1 aromatic heterocycles. The van der Waals surface area contributed by atoms with Crippen LogP contribution in [0.25, 0.3) is 0 Å². The first kappa shape index (κ1) is 18.1. The zero-order chi connectivity index (χ0) is 17.4. The van der Waals surface area contributed by atoms with Crippen molar-refractivity contribution in [3.8, 4) is 5.75 Å². The van der Waals surface area contributed by atoms with Gasteiger partial charge in [-0.05, 0) is 29.6 Å². The van der Waals surface area contributed by atoms with Crippen molar-refractivity contribution in [1.29, 1.82) is 0 Å². The molecule has 2 aromatic rings. The van der Waals surface area contributed by atoms with Gasteiger partial charge in [0, 0.05) is 11.9 Å². The number of aliphatic imine (C=N–C) groups is 1. The standard InChI is InChI=1S/C16H18F3N3OS/c1-20-15(22-11-14-6-3-9-24-14)21-7-8-23-13-5-2-4-12(10-13)16(17,18)19/h2-6,9-10H,7-8,11H2,1H3,(H2,20,21,22). The SMILES string of the molecule is CN=C(NCCOc1cccc(C(F)(F)F)c1)NCc1cccs1. The molecule has 0 aliphatic heterocycles. The highest BCUT2D eigenvalue weighted by molar-refractivity contribution is 7.09. The predicted molar refractivity (Wildman–Crippen MR) is 89.5 cm³/mol. The van der Waals surface area contributed by atoms with Crippen LogP contribution in [0.3, 0.4) is 0 Å². The first-order valence-electron chi connectivity index (χ1n) is 7.26. The molecule has 8 heteroatoms. The smallest absolute Gasteiger partial charge is 0.416 e. The van der Waals surface area contributed by atoms with E-state index < -0.39 is 11.7 Å². The molecule has 24 heavy (non-hydrogen) atoms. The van der Waals surface area contributed by atoms with Crippen molar-refractivity contribution >= 4 is 17.3 Å². The van der Waals surface area contributed by atoms with Crippen LogP contribution in [0.5, 0.6) is 5.75 Å². The van der Waals surface area contributed by atoms with Gasteiger partial charge in [0.25, 0.3) is 0 Å². The number of nitrogens with zero attached hydrogens (tertiary/aromatic N) is 1. The molecule has 0 spiro atoms. The third-order valence-corrected chi connectivity index (χ3v) is 3.93. The van der Waals surface area contributed by atoms with E-state index in [9.17, 15) is 13.2 Å². The number of benzene rings is 1. The van der Waals surface area contributed by atoms with Crippen LogP contribution in [0.2, 0.25) is 0 Å². The van der Waals surface area contributed by atoms with E-state index in [4.69, 9.17) is 4.74 Å². The second-order valence-corrected chi connectivity index (χ2v) is 5.84. The van der Waals surface area contributed by atoms with Crippen LogP contribution in [-0.2, 0) is 12.7 Å². The first-order chi connectivity index (χ1) is 11.5. The maximum absolute atomic E-state index is 12.6. The van der Waals surface area contributed by atoms with E-state index in [-0.39, 0.29) is 12.4 Å². The van der Waals surface area contributed by atoms with Crippen LogP contribution in [0.4, 0.5) is 13.2 Å². The van der Waals surface area contributed by atoms with Gasteiger partial charge in [0.15, 0.2) is 5.96 Å². The number of alkyl halides is 3. The Kier molecular flexibility index (Phi) is 6.48. The molecule has 0 aliphatic carbocycles. The summed E-state index contributed by atoms with van der Waals surface area (Å²) < 4.78 is 43.2. The minimum Gasteiger partial charge on any atom is -0.492 e. The van der Waals surface area contributed by atoms with Crippen LogP contribution in [0, 0.1) is 0 Å². The fourth-order valence-corrected chi connectivity index (χ4v) is 2.55. The topological polar surface area (TPSA) is 45.7 Å². The highest BCUT2D eigenvalue weighted by Crippen LogP contribution is 2.31. The summed E-state index contributed by atoms with van der Waals surface area (Å²) in [6, 6.07) is 8.82. The second kappa shape index (κ2) is 8.58. The molecule has 0 amide bonds. The molecule has 0 fully saturated rings. The van der Waals surface area contributed by atoms with Crippen molar-refractivity contribution in [3.05, 3.63) is 52.2 Å². The van der Waals surface area contributed by atoms with Crippen LogP contribution in [0.1, 0.15) is 10.4 Å². The number of hydrogen-bond donors (Lipinski definition) is 2. The molecular weight excluding hydrogens is 339 g/mol. The van der Waals surface area contributed by atoms with Crippen molar-refractivity contribution in [1.82, 2.24) is 10.6 Å². The number of guanidine groups is 1. The zero-order valence-electron chi connectivity index (χ0n) is 13.1. The fraction of sp³-hybridized carbons (Fsp3) is 0.312. The van der Waals surface area contributed by atoms with E-state index in [0.29, 0.717) is 19.0 Å². The van der Waals surface area contributed by atoms with Gasteiger partial charge in [-0.1, -0.05) is 12.1 Å². The van der Waals surface area contributed by atoms with E-state index in [0.717, 1.165) is 12.1 Å². The highest BCUT2D eigenvalue weighted by Gasteiger charge is 2.30. The largest absolute Gasteiger partial charge is 0.492 e. The van der Waals surface area contributed by atoms with E-state index in [1.807, 2.05) is 17.5 Å². The van der Waals surface area contributed by atoms with E-state index in [1.54, 1.807) is 18.4 Å². The monoisotopic (exact) mass is 357 g/mol. The lowest BCUT2D eigenvalue weighted by atomic mass is 10.2. The van der Waals surface area contributed by atoms with Crippen LogP contribution < -0.4 is 15.4 Å². The Balaban J connectivity index is 1.73. The van der Waals surface area contributed by atoms with Gasteiger partial charge in [0.05, 0.1) is 18.7 Å². The Bertz CT molecular complexity index is 657. The zero-order valence-corrected chi connectivity index (χ0v) is 13.9. The molecule has 0 aliphatic rings. The molecule has 0 atom stereocenters. The molecule has 4 nitrogen and oxygen atoms in total. The number of halogens is 3. The van der Waals surface area contributed by atoms with Gasteiger partial charge in [-0.25, -0.2) is 0 Å². The van der Waals surface area contributed by atoms with Gasteiger partial charge < -0.3 is 15.4 Å². The molecule has 130 valence electrons. The normalized spacial score (nSPS) is 12.1. The Labute approximate surface area is 142 Å². The number of hydrogen-bond acceptors (Lipinski definition) is 3. The van der Waals surface area contributed by atoms with E-state index in [1.165, 1.54) is 17.0 Å². The summed E-state index contributed by atoms with van der Waals surface area (Å²) in [6.07, 6.45) is -4.37. The molecule has 2 N–H and O–H groups in total.